The average molecular weight is 476 g/mol. The molecular weight excluding hydrogens is 444 g/mol. The maximum Gasteiger partial charge on any atom is 0.165 e. The second-order valence-electron chi connectivity index (χ2n) is 9.19. The first-order valence-corrected chi connectivity index (χ1v) is 12.2. The van der Waals surface area contributed by atoms with Gasteiger partial charge in [0.1, 0.15) is 5.75 Å². The lowest BCUT2D eigenvalue weighted by Gasteiger charge is -2.15. The fourth-order valence-electron chi connectivity index (χ4n) is 4.57. The molecule has 0 N–H and O–H groups in total. The molecule has 0 atom stereocenters. The summed E-state index contributed by atoms with van der Waals surface area (Å²) in [5.41, 5.74) is 4.39. The van der Waals surface area contributed by atoms with Crippen LogP contribution in [0.1, 0.15) is 66.7 Å². The van der Waals surface area contributed by atoms with Crippen LogP contribution in [0.15, 0.2) is 66.7 Å². The Kier molecular flexibility index (Phi) is 7.64. The van der Waals surface area contributed by atoms with Gasteiger partial charge in [-0.3, -0.25) is 4.79 Å². The van der Waals surface area contributed by atoms with Crippen molar-refractivity contribution in [3.8, 4) is 5.75 Å². The number of nitrogens with zero attached hydrogens (tertiary/aromatic N) is 1. The monoisotopic (exact) mass is 475 g/mol. The molecule has 0 aliphatic carbocycles. The van der Waals surface area contributed by atoms with E-state index < -0.39 is 11.6 Å². The van der Waals surface area contributed by atoms with Gasteiger partial charge in [-0.1, -0.05) is 57.2 Å². The van der Waals surface area contributed by atoms with Gasteiger partial charge in [-0.05, 0) is 54.2 Å². The van der Waals surface area contributed by atoms with Gasteiger partial charge in [-0.15, -0.1) is 0 Å². The molecular formula is C30H31F2NO2. The normalized spacial score (nSPS) is 11.4. The summed E-state index contributed by atoms with van der Waals surface area (Å²) in [5.74, 6) is -0.891. The lowest BCUT2D eigenvalue weighted by molar-refractivity contribution is 0.0982. The second-order valence-corrected chi connectivity index (χ2v) is 9.19. The number of Topliss-reactive ketones (excluding diaryl/α,β-unsaturated/α-hetero) is 1. The number of aryl methyl sites for hydroxylation is 1. The number of carbonyl (C=O) groups is 1. The third kappa shape index (κ3) is 5.45. The van der Waals surface area contributed by atoms with Crippen molar-refractivity contribution in [1.82, 2.24) is 4.57 Å². The summed E-state index contributed by atoms with van der Waals surface area (Å²) < 4.78 is 35.1. The van der Waals surface area contributed by atoms with E-state index in [1.165, 1.54) is 12.1 Å². The Balaban J connectivity index is 1.77. The number of fused-ring (bicyclic) bond motifs is 1. The molecule has 3 aromatic carbocycles. The quantitative estimate of drug-likeness (QED) is 0.220. The highest BCUT2D eigenvalue weighted by molar-refractivity contribution is 6.10. The van der Waals surface area contributed by atoms with Crippen molar-refractivity contribution in [3.63, 3.8) is 0 Å². The SMILES string of the molecule is CCCOc1ccc2c(C(=O)CCc3ccc(F)c(F)c3)c(C(C)C)n(Cc3ccccc3)c2c1. The highest BCUT2D eigenvalue weighted by atomic mass is 19.2. The zero-order valence-corrected chi connectivity index (χ0v) is 20.5. The third-order valence-electron chi connectivity index (χ3n) is 6.18. The largest absolute Gasteiger partial charge is 0.494 e. The Labute approximate surface area is 205 Å². The molecule has 4 rings (SSSR count). The van der Waals surface area contributed by atoms with Crippen LogP contribution in [0.5, 0.6) is 5.75 Å². The number of aromatic nitrogens is 1. The van der Waals surface area contributed by atoms with Crippen molar-refractivity contribution in [2.75, 3.05) is 6.61 Å². The number of ether oxygens (including phenoxy) is 1. The number of benzene rings is 3. The molecule has 182 valence electrons. The van der Waals surface area contributed by atoms with E-state index >= 15 is 0 Å². The van der Waals surface area contributed by atoms with Crippen LogP contribution < -0.4 is 4.74 Å². The first-order valence-electron chi connectivity index (χ1n) is 12.2. The lowest BCUT2D eigenvalue weighted by Crippen LogP contribution is -2.11. The summed E-state index contributed by atoms with van der Waals surface area (Å²) in [6.07, 6.45) is 1.47. The fraction of sp³-hybridized carbons (Fsp3) is 0.300. The minimum Gasteiger partial charge on any atom is -0.494 e. The van der Waals surface area contributed by atoms with Crippen LogP contribution in [0.2, 0.25) is 0 Å². The van der Waals surface area contributed by atoms with Crippen LogP contribution in [0.3, 0.4) is 0 Å². The van der Waals surface area contributed by atoms with Crippen LogP contribution >= 0.6 is 0 Å². The van der Waals surface area contributed by atoms with E-state index in [1.54, 1.807) is 0 Å². The van der Waals surface area contributed by atoms with Crippen LogP contribution in [0, 0.1) is 11.6 Å². The van der Waals surface area contributed by atoms with Crippen molar-refractivity contribution in [2.24, 2.45) is 0 Å². The molecule has 0 aliphatic heterocycles. The summed E-state index contributed by atoms with van der Waals surface area (Å²) in [6.45, 7) is 7.52. The number of carbonyl (C=O) groups excluding carboxylic acids is 1. The van der Waals surface area contributed by atoms with E-state index in [0.29, 0.717) is 30.7 Å². The zero-order chi connectivity index (χ0) is 24.9. The van der Waals surface area contributed by atoms with Gasteiger partial charge in [0.05, 0.1) is 12.1 Å². The number of halogens is 2. The van der Waals surface area contributed by atoms with E-state index in [4.69, 9.17) is 4.74 Å². The molecule has 3 nitrogen and oxygen atoms in total. The fourth-order valence-corrected chi connectivity index (χ4v) is 4.57. The van der Waals surface area contributed by atoms with Crippen molar-refractivity contribution in [1.29, 1.82) is 0 Å². The van der Waals surface area contributed by atoms with E-state index in [2.05, 4.69) is 37.5 Å². The number of rotatable bonds is 10. The lowest BCUT2D eigenvalue weighted by atomic mass is 9.96. The molecule has 0 fully saturated rings. The molecule has 0 radical (unpaired) electrons. The molecule has 0 spiro atoms. The molecule has 0 bridgehead atoms. The predicted molar refractivity (Wildman–Crippen MR) is 136 cm³/mol. The summed E-state index contributed by atoms with van der Waals surface area (Å²) in [7, 11) is 0. The molecule has 35 heavy (non-hydrogen) atoms. The molecule has 5 heteroatoms. The highest BCUT2D eigenvalue weighted by Gasteiger charge is 2.25. The highest BCUT2D eigenvalue weighted by Crippen LogP contribution is 2.35. The predicted octanol–water partition coefficient (Wildman–Crippen LogP) is 7.70. The minimum absolute atomic E-state index is 0.00234. The van der Waals surface area contributed by atoms with Crippen LogP contribution in [-0.4, -0.2) is 17.0 Å². The van der Waals surface area contributed by atoms with Gasteiger partial charge in [0.15, 0.2) is 17.4 Å². The van der Waals surface area contributed by atoms with Gasteiger partial charge in [0.25, 0.3) is 0 Å². The van der Waals surface area contributed by atoms with Crippen molar-refractivity contribution < 1.29 is 18.3 Å². The number of ketones is 1. The third-order valence-corrected chi connectivity index (χ3v) is 6.18. The molecule has 0 amide bonds. The molecule has 0 aliphatic rings. The first kappa shape index (κ1) is 24.6. The minimum atomic E-state index is -0.892. The van der Waals surface area contributed by atoms with Gasteiger partial charge in [0, 0.05) is 35.7 Å². The molecule has 1 aromatic heterocycles. The standard InChI is InChI=1S/C30H31F2NO2/c1-4-16-35-23-12-13-24-27(18-23)33(19-22-8-6-5-7-9-22)30(20(2)3)29(24)28(34)15-11-21-10-14-25(31)26(32)17-21/h5-10,12-14,17-18,20H,4,11,15-16,19H2,1-3H3. The summed E-state index contributed by atoms with van der Waals surface area (Å²) >= 11 is 0. The summed E-state index contributed by atoms with van der Waals surface area (Å²) in [5, 5.41) is 0.892. The van der Waals surface area contributed by atoms with Crippen molar-refractivity contribution in [2.45, 2.75) is 52.5 Å². The van der Waals surface area contributed by atoms with E-state index in [-0.39, 0.29) is 18.1 Å². The van der Waals surface area contributed by atoms with Gasteiger partial charge in [-0.25, -0.2) is 8.78 Å². The Morgan fingerprint density at radius 3 is 2.40 bits per heavy atom. The molecule has 0 saturated heterocycles. The maximum atomic E-state index is 13.7. The molecule has 1 heterocycles. The Hall–Kier alpha value is -3.47. The molecule has 0 unspecified atom stereocenters. The smallest absolute Gasteiger partial charge is 0.165 e. The van der Waals surface area contributed by atoms with E-state index in [9.17, 15) is 13.6 Å². The zero-order valence-electron chi connectivity index (χ0n) is 20.5. The average Bonchev–Trinajstić information content (AvgIpc) is 3.17. The van der Waals surface area contributed by atoms with Gasteiger partial charge >= 0.3 is 0 Å². The van der Waals surface area contributed by atoms with Crippen molar-refractivity contribution >= 4 is 16.7 Å². The molecule has 4 aromatic rings. The Morgan fingerprint density at radius 1 is 0.943 bits per heavy atom. The van der Waals surface area contributed by atoms with Crippen LogP contribution in [-0.2, 0) is 13.0 Å². The Bertz CT molecular complexity index is 1330. The van der Waals surface area contributed by atoms with Gasteiger partial charge in [0.2, 0.25) is 0 Å². The Morgan fingerprint density at radius 2 is 1.71 bits per heavy atom. The van der Waals surface area contributed by atoms with E-state index in [0.717, 1.165) is 40.4 Å². The number of hydrogen-bond donors (Lipinski definition) is 0. The second kappa shape index (κ2) is 10.9. The van der Waals surface area contributed by atoms with Gasteiger partial charge in [-0.2, -0.15) is 0 Å². The van der Waals surface area contributed by atoms with Crippen LogP contribution in [0.25, 0.3) is 10.9 Å². The first-order chi connectivity index (χ1) is 16.9. The van der Waals surface area contributed by atoms with Crippen LogP contribution in [0.4, 0.5) is 8.78 Å². The summed E-state index contributed by atoms with van der Waals surface area (Å²) in [6, 6.07) is 19.9. The molecule has 0 saturated carbocycles. The number of hydrogen-bond acceptors (Lipinski definition) is 2. The van der Waals surface area contributed by atoms with Gasteiger partial charge < -0.3 is 9.30 Å². The van der Waals surface area contributed by atoms with E-state index in [1.807, 2.05) is 36.4 Å². The topological polar surface area (TPSA) is 31.2 Å². The summed E-state index contributed by atoms with van der Waals surface area (Å²) in [4.78, 5) is 13.6. The maximum absolute atomic E-state index is 13.7. The van der Waals surface area contributed by atoms with Crippen molar-refractivity contribution in [3.05, 3.63) is 101 Å².